The van der Waals surface area contributed by atoms with Gasteiger partial charge in [-0.25, -0.2) is 8.78 Å². The Bertz CT molecular complexity index is 610. The molecule has 2 aromatic carbocycles. The Morgan fingerprint density at radius 1 is 1.00 bits per heavy atom. The molecule has 0 amide bonds. The second-order valence-electron chi connectivity index (χ2n) is 5.62. The van der Waals surface area contributed by atoms with E-state index in [0.29, 0.717) is 19.6 Å². The predicted octanol–water partition coefficient (Wildman–Crippen LogP) is 3.29. The monoisotopic (exact) mass is 288 g/mol. The summed E-state index contributed by atoms with van der Waals surface area (Å²) in [6.07, 6.45) is 0. The number of anilines is 1. The number of para-hydroxylation sites is 1. The molecule has 3 rings (SSSR count). The molecular formula is C17H18F2N2. The van der Waals surface area contributed by atoms with Crippen molar-refractivity contribution in [1.29, 1.82) is 0 Å². The quantitative estimate of drug-likeness (QED) is 0.912. The Balaban J connectivity index is 1.93. The van der Waals surface area contributed by atoms with Gasteiger partial charge in [0.25, 0.3) is 0 Å². The van der Waals surface area contributed by atoms with Gasteiger partial charge in [0.1, 0.15) is 17.3 Å². The lowest BCUT2D eigenvalue weighted by molar-refractivity contribution is 0.328. The molecule has 2 aromatic rings. The lowest BCUT2D eigenvalue weighted by atomic mass is 9.89. The van der Waals surface area contributed by atoms with Crippen molar-refractivity contribution in [3.8, 4) is 0 Å². The first-order chi connectivity index (χ1) is 10.1. The number of piperazine rings is 1. The minimum Gasteiger partial charge on any atom is -0.363 e. The Kier molecular flexibility index (Phi) is 3.64. The first-order valence-electron chi connectivity index (χ1n) is 7.10. The van der Waals surface area contributed by atoms with Crippen molar-refractivity contribution >= 4 is 5.69 Å². The third-order valence-corrected chi connectivity index (χ3v) is 4.07. The molecule has 0 aromatic heterocycles. The van der Waals surface area contributed by atoms with Crippen LogP contribution in [0.4, 0.5) is 14.5 Å². The van der Waals surface area contributed by atoms with Crippen molar-refractivity contribution < 1.29 is 8.78 Å². The second kappa shape index (κ2) is 5.45. The number of hydrogen-bond acceptors (Lipinski definition) is 2. The highest BCUT2D eigenvalue weighted by Crippen LogP contribution is 2.30. The fourth-order valence-corrected chi connectivity index (χ4v) is 2.96. The predicted molar refractivity (Wildman–Crippen MR) is 80.4 cm³/mol. The van der Waals surface area contributed by atoms with E-state index >= 15 is 0 Å². The van der Waals surface area contributed by atoms with Crippen LogP contribution in [0.15, 0.2) is 48.5 Å². The molecule has 1 heterocycles. The number of benzene rings is 2. The number of nitrogens with one attached hydrogen (secondary N) is 1. The minimum atomic E-state index is -0.507. The third kappa shape index (κ3) is 2.63. The molecule has 110 valence electrons. The van der Waals surface area contributed by atoms with E-state index in [1.54, 1.807) is 4.90 Å². The van der Waals surface area contributed by atoms with Gasteiger partial charge in [-0.05, 0) is 24.6 Å². The summed E-state index contributed by atoms with van der Waals surface area (Å²) in [5.41, 5.74) is 0.862. The molecule has 1 aliphatic rings. The summed E-state index contributed by atoms with van der Waals surface area (Å²) >= 11 is 0. The van der Waals surface area contributed by atoms with Crippen molar-refractivity contribution in [1.82, 2.24) is 5.32 Å². The molecule has 0 spiro atoms. The summed E-state index contributed by atoms with van der Waals surface area (Å²) in [5.74, 6) is -1.01. The molecule has 1 atom stereocenters. The number of hydrogen-bond donors (Lipinski definition) is 1. The van der Waals surface area contributed by atoms with Gasteiger partial charge in [-0.1, -0.05) is 36.4 Å². The number of nitrogens with zero attached hydrogens (tertiary/aromatic N) is 1. The molecular weight excluding hydrogens is 270 g/mol. The first-order valence-corrected chi connectivity index (χ1v) is 7.10. The maximum absolute atomic E-state index is 14.0. The van der Waals surface area contributed by atoms with Crippen molar-refractivity contribution in [3.63, 3.8) is 0 Å². The van der Waals surface area contributed by atoms with Crippen LogP contribution >= 0.6 is 0 Å². The van der Waals surface area contributed by atoms with Gasteiger partial charge in [0, 0.05) is 19.6 Å². The van der Waals surface area contributed by atoms with Crippen molar-refractivity contribution in [2.75, 3.05) is 24.5 Å². The summed E-state index contributed by atoms with van der Waals surface area (Å²) in [7, 11) is 0. The topological polar surface area (TPSA) is 15.3 Å². The van der Waals surface area contributed by atoms with Crippen LogP contribution in [-0.2, 0) is 5.54 Å². The largest absolute Gasteiger partial charge is 0.363 e. The van der Waals surface area contributed by atoms with Gasteiger partial charge in [0.05, 0.1) is 5.54 Å². The summed E-state index contributed by atoms with van der Waals surface area (Å²) < 4.78 is 28.0. The molecule has 4 heteroatoms. The standard InChI is InChI=1S/C17H18F2N2/c1-17(13-6-3-2-4-7-13)12-21(11-10-20-17)16-14(18)8-5-9-15(16)19/h2-9,20H,10-12H2,1H3. The van der Waals surface area contributed by atoms with Crippen LogP contribution in [0.1, 0.15) is 12.5 Å². The van der Waals surface area contributed by atoms with Gasteiger partial charge in [-0.3, -0.25) is 0 Å². The van der Waals surface area contributed by atoms with Gasteiger partial charge in [0.15, 0.2) is 0 Å². The van der Waals surface area contributed by atoms with Gasteiger partial charge in [0.2, 0.25) is 0 Å². The van der Waals surface area contributed by atoms with Crippen LogP contribution in [0.2, 0.25) is 0 Å². The van der Waals surface area contributed by atoms with Crippen LogP contribution in [0, 0.1) is 11.6 Å². The van der Waals surface area contributed by atoms with Gasteiger partial charge < -0.3 is 10.2 Å². The fraction of sp³-hybridized carbons (Fsp3) is 0.294. The molecule has 1 fully saturated rings. The maximum Gasteiger partial charge on any atom is 0.149 e. The zero-order valence-electron chi connectivity index (χ0n) is 11.9. The smallest absolute Gasteiger partial charge is 0.149 e. The Morgan fingerprint density at radius 3 is 2.33 bits per heavy atom. The second-order valence-corrected chi connectivity index (χ2v) is 5.62. The Hall–Kier alpha value is -1.94. The van der Waals surface area contributed by atoms with Crippen molar-refractivity contribution in [2.24, 2.45) is 0 Å². The SMILES string of the molecule is CC1(c2ccccc2)CN(c2c(F)cccc2F)CCN1. The van der Waals surface area contributed by atoms with E-state index in [4.69, 9.17) is 0 Å². The normalized spacial score (nSPS) is 22.3. The van der Waals surface area contributed by atoms with E-state index in [9.17, 15) is 8.78 Å². The van der Waals surface area contributed by atoms with Gasteiger partial charge >= 0.3 is 0 Å². The Labute approximate surface area is 123 Å². The third-order valence-electron chi connectivity index (χ3n) is 4.07. The molecule has 2 nitrogen and oxygen atoms in total. The van der Waals surface area contributed by atoms with Crippen molar-refractivity contribution in [3.05, 3.63) is 65.7 Å². The highest BCUT2D eigenvalue weighted by atomic mass is 19.1. The molecule has 0 bridgehead atoms. The Morgan fingerprint density at radius 2 is 1.67 bits per heavy atom. The lowest BCUT2D eigenvalue weighted by Crippen LogP contribution is -2.57. The maximum atomic E-state index is 14.0. The molecule has 1 aliphatic heterocycles. The highest BCUT2D eigenvalue weighted by molar-refractivity contribution is 5.50. The van der Waals surface area contributed by atoms with Crippen LogP contribution in [-0.4, -0.2) is 19.6 Å². The number of halogens is 2. The fourth-order valence-electron chi connectivity index (χ4n) is 2.96. The van der Waals surface area contributed by atoms with Crippen LogP contribution in [0.3, 0.4) is 0 Å². The van der Waals surface area contributed by atoms with E-state index < -0.39 is 11.6 Å². The average molecular weight is 288 g/mol. The number of rotatable bonds is 2. The van der Waals surface area contributed by atoms with Crippen LogP contribution < -0.4 is 10.2 Å². The van der Waals surface area contributed by atoms with Gasteiger partial charge in [-0.2, -0.15) is 0 Å². The van der Waals surface area contributed by atoms with E-state index in [1.807, 2.05) is 30.3 Å². The van der Waals surface area contributed by atoms with E-state index in [2.05, 4.69) is 12.2 Å². The molecule has 1 unspecified atom stereocenters. The minimum absolute atomic E-state index is 0.0705. The van der Waals surface area contributed by atoms with E-state index in [1.165, 1.54) is 18.2 Å². The first kappa shape index (κ1) is 14.0. The van der Waals surface area contributed by atoms with Gasteiger partial charge in [-0.15, -0.1) is 0 Å². The summed E-state index contributed by atoms with van der Waals surface area (Å²) in [6, 6.07) is 14.0. The van der Waals surface area contributed by atoms with Crippen molar-refractivity contribution in [2.45, 2.75) is 12.5 Å². The lowest BCUT2D eigenvalue weighted by Gasteiger charge is -2.43. The summed E-state index contributed by atoms with van der Waals surface area (Å²) in [4.78, 5) is 1.79. The molecule has 1 N–H and O–H groups in total. The molecule has 0 aliphatic carbocycles. The molecule has 0 radical (unpaired) electrons. The summed E-state index contributed by atoms with van der Waals surface area (Å²) in [5, 5.41) is 3.46. The molecule has 1 saturated heterocycles. The van der Waals surface area contributed by atoms with Crippen LogP contribution in [0.25, 0.3) is 0 Å². The molecule has 0 saturated carbocycles. The van der Waals surface area contributed by atoms with E-state index in [-0.39, 0.29) is 11.2 Å². The molecule has 21 heavy (non-hydrogen) atoms. The highest BCUT2D eigenvalue weighted by Gasteiger charge is 2.33. The van der Waals surface area contributed by atoms with Crippen LogP contribution in [0.5, 0.6) is 0 Å². The zero-order chi connectivity index (χ0) is 14.9. The summed E-state index contributed by atoms with van der Waals surface area (Å²) in [6.45, 7) is 3.85. The van der Waals surface area contributed by atoms with E-state index in [0.717, 1.165) is 5.56 Å². The zero-order valence-corrected chi connectivity index (χ0v) is 11.9. The average Bonchev–Trinajstić information content (AvgIpc) is 2.48.